The molecule has 0 unspecified atom stereocenters. The van der Waals surface area contributed by atoms with Gasteiger partial charge in [0.05, 0.1) is 0 Å². The fraction of sp³-hybridized carbons (Fsp3) is 0.667. The van der Waals surface area contributed by atoms with Gasteiger partial charge in [0.25, 0.3) is 0 Å². The number of carbonyl (C=O) groups is 3. The average molecular weight is 231 g/mol. The first-order valence-corrected chi connectivity index (χ1v) is 4.99. The minimum absolute atomic E-state index is 0.0373. The Morgan fingerprint density at radius 2 is 1.44 bits per heavy atom. The van der Waals surface area contributed by atoms with Gasteiger partial charge < -0.3 is 21.1 Å². The number of carbonyl (C=O) groups excluding carboxylic acids is 3. The maximum atomic E-state index is 11.1. The number of rotatable bonds is 6. The predicted molar refractivity (Wildman–Crippen MR) is 56.4 cm³/mol. The van der Waals surface area contributed by atoms with Crippen LogP contribution in [0.2, 0.25) is 0 Å². The summed E-state index contributed by atoms with van der Waals surface area (Å²) in [7, 11) is 0. The number of aliphatic hydroxyl groups excluding tert-OH is 1. The minimum Gasteiger partial charge on any atom is -0.396 e. The highest BCUT2D eigenvalue weighted by molar-refractivity contribution is 6.35. The van der Waals surface area contributed by atoms with Crippen molar-refractivity contribution in [3.8, 4) is 0 Å². The van der Waals surface area contributed by atoms with Gasteiger partial charge in [-0.2, -0.15) is 0 Å². The molecule has 92 valence electrons. The van der Waals surface area contributed by atoms with Crippen LogP contribution in [0.4, 0.5) is 0 Å². The van der Waals surface area contributed by atoms with Crippen LogP contribution >= 0.6 is 0 Å². The van der Waals surface area contributed by atoms with Gasteiger partial charge in [0, 0.05) is 33.2 Å². The van der Waals surface area contributed by atoms with E-state index in [4.69, 9.17) is 5.11 Å². The maximum Gasteiger partial charge on any atom is 0.309 e. The van der Waals surface area contributed by atoms with Crippen molar-refractivity contribution in [2.75, 3.05) is 26.2 Å². The highest BCUT2D eigenvalue weighted by Crippen LogP contribution is 1.74. The lowest BCUT2D eigenvalue weighted by Crippen LogP contribution is -2.43. The zero-order chi connectivity index (χ0) is 12.4. The third-order valence-corrected chi connectivity index (χ3v) is 1.61. The van der Waals surface area contributed by atoms with Gasteiger partial charge in [-0.05, 0) is 6.42 Å². The Morgan fingerprint density at radius 1 is 0.938 bits per heavy atom. The standard InChI is InChI=1S/C9H17N3O4/c1-7(14)10-4-5-12-9(16)8(15)11-3-2-6-13/h13H,2-6H2,1H3,(H,10,14)(H,11,15)(H,12,16). The molecule has 4 N–H and O–H groups in total. The SMILES string of the molecule is CC(=O)NCCNC(=O)C(=O)NCCCO. The highest BCUT2D eigenvalue weighted by Gasteiger charge is 2.11. The maximum absolute atomic E-state index is 11.1. The summed E-state index contributed by atoms with van der Waals surface area (Å²) in [6, 6.07) is 0. The summed E-state index contributed by atoms with van der Waals surface area (Å²) in [4.78, 5) is 32.6. The molecule has 0 bridgehead atoms. The van der Waals surface area contributed by atoms with E-state index in [0.29, 0.717) is 6.42 Å². The Bertz CT molecular complexity index is 255. The Balaban J connectivity index is 3.55. The van der Waals surface area contributed by atoms with Gasteiger partial charge in [0.2, 0.25) is 5.91 Å². The molecular formula is C9H17N3O4. The van der Waals surface area contributed by atoms with Crippen molar-refractivity contribution in [1.82, 2.24) is 16.0 Å². The Labute approximate surface area is 93.6 Å². The lowest BCUT2D eigenvalue weighted by atomic mass is 10.4. The molecule has 7 heteroatoms. The van der Waals surface area contributed by atoms with Crippen LogP contribution in [-0.2, 0) is 14.4 Å². The molecule has 0 aliphatic carbocycles. The number of hydrogen-bond acceptors (Lipinski definition) is 4. The van der Waals surface area contributed by atoms with E-state index in [1.807, 2.05) is 0 Å². The molecule has 3 amide bonds. The van der Waals surface area contributed by atoms with E-state index in [9.17, 15) is 14.4 Å². The third kappa shape index (κ3) is 7.74. The smallest absolute Gasteiger partial charge is 0.309 e. The number of aliphatic hydroxyl groups is 1. The Morgan fingerprint density at radius 3 is 1.94 bits per heavy atom. The van der Waals surface area contributed by atoms with Crippen molar-refractivity contribution in [2.45, 2.75) is 13.3 Å². The zero-order valence-electron chi connectivity index (χ0n) is 9.21. The van der Waals surface area contributed by atoms with Gasteiger partial charge in [0.1, 0.15) is 0 Å². The second kappa shape index (κ2) is 8.66. The summed E-state index contributed by atoms with van der Waals surface area (Å²) in [6.07, 6.45) is 0.408. The first-order valence-electron chi connectivity index (χ1n) is 4.99. The van der Waals surface area contributed by atoms with Crippen LogP contribution in [0.3, 0.4) is 0 Å². The van der Waals surface area contributed by atoms with Crippen molar-refractivity contribution in [3.63, 3.8) is 0 Å². The number of nitrogens with one attached hydrogen (secondary N) is 3. The van der Waals surface area contributed by atoms with E-state index < -0.39 is 11.8 Å². The summed E-state index contributed by atoms with van der Waals surface area (Å²) in [6.45, 7) is 2.07. The fourth-order valence-corrected chi connectivity index (χ4v) is 0.856. The molecule has 0 saturated heterocycles. The van der Waals surface area contributed by atoms with Crippen LogP contribution < -0.4 is 16.0 Å². The summed E-state index contributed by atoms with van der Waals surface area (Å²) >= 11 is 0. The molecule has 0 aromatic carbocycles. The van der Waals surface area contributed by atoms with Crippen LogP contribution in [0.5, 0.6) is 0 Å². The highest BCUT2D eigenvalue weighted by atomic mass is 16.3. The Kier molecular flexibility index (Phi) is 7.78. The summed E-state index contributed by atoms with van der Waals surface area (Å²) in [5, 5.41) is 15.6. The molecule has 0 aliphatic rings. The molecule has 7 nitrogen and oxygen atoms in total. The van der Waals surface area contributed by atoms with E-state index in [2.05, 4.69) is 16.0 Å². The number of hydrogen-bond donors (Lipinski definition) is 4. The fourth-order valence-electron chi connectivity index (χ4n) is 0.856. The first kappa shape index (κ1) is 14.4. The zero-order valence-corrected chi connectivity index (χ0v) is 9.21. The molecule has 0 aromatic heterocycles. The predicted octanol–water partition coefficient (Wildman–Crippen LogP) is -2.26. The lowest BCUT2D eigenvalue weighted by Gasteiger charge is -2.06. The monoisotopic (exact) mass is 231 g/mol. The van der Waals surface area contributed by atoms with Crippen molar-refractivity contribution in [3.05, 3.63) is 0 Å². The van der Waals surface area contributed by atoms with Gasteiger partial charge in [-0.1, -0.05) is 0 Å². The largest absolute Gasteiger partial charge is 0.396 e. The van der Waals surface area contributed by atoms with E-state index in [-0.39, 0.29) is 32.1 Å². The van der Waals surface area contributed by atoms with E-state index in [0.717, 1.165) is 0 Å². The van der Waals surface area contributed by atoms with Crippen LogP contribution in [0.15, 0.2) is 0 Å². The van der Waals surface area contributed by atoms with E-state index >= 15 is 0 Å². The van der Waals surface area contributed by atoms with Crippen LogP contribution in [0.25, 0.3) is 0 Å². The van der Waals surface area contributed by atoms with Crippen LogP contribution in [0.1, 0.15) is 13.3 Å². The average Bonchev–Trinajstić information content (AvgIpc) is 2.24. The molecule has 16 heavy (non-hydrogen) atoms. The lowest BCUT2D eigenvalue weighted by molar-refractivity contribution is -0.139. The van der Waals surface area contributed by atoms with Crippen molar-refractivity contribution >= 4 is 17.7 Å². The second-order valence-corrected chi connectivity index (χ2v) is 3.07. The van der Waals surface area contributed by atoms with E-state index in [1.165, 1.54) is 6.92 Å². The molecule has 0 atom stereocenters. The second-order valence-electron chi connectivity index (χ2n) is 3.07. The number of amides is 3. The molecule has 0 aliphatic heterocycles. The van der Waals surface area contributed by atoms with Gasteiger partial charge in [-0.25, -0.2) is 0 Å². The third-order valence-electron chi connectivity index (χ3n) is 1.61. The molecule has 0 saturated carbocycles. The van der Waals surface area contributed by atoms with Crippen molar-refractivity contribution < 1.29 is 19.5 Å². The molecule has 0 radical (unpaired) electrons. The van der Waals surface area contributed by atoms with Gasteiger partial charge >= 0.3 is 11.8 Å². The van der Waals surface area contributed by atoms with Crippen molar-refractivity contribution in [1.29, 1.82) is 0 Å². The molecule has 0 fully saturated rings. The van der Waals surface area contributed by atoms with E-state index in [1.54, 1.807) is 0 Å². The molecule has 0 aromatic rings. The summed E-state index contributed by atoms with van der Waals surface area (Å²) < 4.78 is 0. The van der Waals surface area contributed by atoms with Gasteiger partial charge in [0.15, 0.2) is 0 Å². The Hall–Kier alpha value is -1.63. The van der Waals surface area contributed by atoms with Crippen LogP contribution in [-0.4, -0.2) is 49.1 Å². The summed E-state index contributed by atoms with van der Waals surface area (Å²) in [5.41, 5.74) is 0. The van der Waals surface area contributed by atoms with Crippen molar-refractivity contribution in [2.24, 2.45) is 0 Å². The summed E-state index contributed by atoms with van der Waals surface area (Å²) in [5.74, 6) is -1.68. The topological polar surface area (TPSA) is 108 Å². The minimum atomic E-state index is -0.747. The molecule has 0 rings (SSSR count). The molecular weight excluding hydrogens is 214 g/mol. The first-order chi connectivity index (χ1) is 7.57. The van der Waals surface area contributed by atoms with Gasteiger partial charge in [-0.15, -0.1) is 0 Å². The molecule has 0 heterocycles. The van der Waals surface area contributed by atoms with Crippen LogP contribution in [0, 0.1) is 0 Å². The normalized spacial score (nSPS) is 9.38. The quantitative estimate of drug-likeness (QED) is 0.305. The molecule has 0 spiro atoms. The van der Waals surface area contributed by atoms with Gasteiger partial charge in [-0.3, -0.25) is 14.4 Å².